The Morgan fingerprint density at radius 2 is 1.67 bits per heavy atom. The second-order valence-electron chi connectivity index (χ2n) is 9.92. The lowest BCUT2D eigenvalue weighted by Crippen LogP contribution is -2.48. The minimum absolute atomic E-state index is 0.196. The SMILES string of the molecule is OCCN1CCN(c2nc3c(c(N4CCNCC4)n2)CCN(c2cc(O)cc4ccccc24)C3)CC1. The number of β-amino-alcohol motifs (C(OH)–C–C–N with tert-alkyl or cyclic N) is 1. The maximum atomic E-state index is 10.4. The van der Waals surface area contributed by atoms with E-state index < -0.39 is 0 Å². The second kappa shape index (κ2) is 10.1. The molecule has 3 aliphatic rings. The van der Waals surface area contributed by atoms with Gasteiger partial charge < -0.3 is 30.2 Å². The van der Waals surface area contributed by atoms with Crippen LogP contribution in [0, 0.1) is 0 Å². The lowest BCUT2D eigenvalue weighted by atomic mass is 10.0. The van der Waals surface area contributed by atoms with Crippen molar-refractivity contribution in [3.8, 4) is 5.75 Å². The van der Waals surface area contributed by atoms with E-state index in [1.807, 2.05) is 18.2 Å². The highest BCUT2D eigenvalue weighted by Gasteiger charge is 2.29. The van der Waals surface area contributed by atoms with Gasteiger partial charge in [-0.1, -0.05) is 24.3 Å². The maximum Gasteiger partial charge on any atom is 0.227 e. The summed E-state index contributed by atoms with van der Waals surface area (Å²) in [4.78, 5) is 19.6. The van der Waals surface area contributed by atoms with Crippen molar-refractivity contribution in [3.63, 3.8) is 0 Å². The molecular weight excluding hydrogens is 454 g/mol. The number of aromatic hydroxyl groups is 1. The second-order valence-corrected chi connectivity index (χ2v) is 9.92. The van der Waals surface area contributed by atoms with Gasteiger partial charge in [0.05, 0.1) is 18.8 Å². The summed E-state index contributed by atoms with van der Waals surface area (Å²) in [5, 5.41) is 25.4. The van der Waals surface area contributed by atoms with Crippen LogP contribution in [0.5, 0.6) is 5.75 Å². The molecule has 2 aromatic carbocycles. The number of phenols is 1. The zero-order valence-corrected chi connectivity index (χ0v) is 20.7. The zero-order chi connectivity index (χ0) is 24.5. The van der Waals surface area contributed by atoms with E-state index in [9.17, 15) is 10.2 Å². The van der Waals surface area contributed by atoms with Gasteiger partial charge in [0, 0.05) is 88.2 Å². The molecule has 1 aromatic heterocycles. The molecule has 0 radical (unpaired) electrons. The number of hydrogen-bond donors (Lipinski definition) is 3. The number of hydrogen-bond acceptors (Lipinski definition) is 9. The maximum absolute atomic E-state index is 10.4. The van der Waals surface area contributed by atoms with Gasteiger partial charge in [-0.15, -0.1) is 0 Å². The van der Waals surface area contributed by atoms with Crippen LogP contribution in [0.15, 0.2) is 36.4 Å². The molecule has 3 N–H and O–H groups in total. The third kappa shape index (κ3) is 4.54. The van der Waals surface area contributed by atoms with Gasteiger partial charge in [0.1, 0.15) is 11.6 Å². The summed E-state index contributed by atoms with van der Waals surface area (Å²) in [7, 11) is 0. The number of aromatic nitrogens is 2. The summed E-state index contributed by atoms with van der Waals surface area (Å²) in [6.07, 6.45) is 0.878. The molecule has 0 spiro atoms. The largest absolute Gasteiger partial charge is 0.508 e. The molecule has 2 saturated heterocycles. The van der Waals surface area contributed by atoms with Crippen molar-refractivity contribution in [2.24, 2.45) is 0 Å². The topological polar surface area (TPSA) is 91.2 Å². The Morgan fingerprint density at radius 3 is 2.47 bits per heavy atom. The average molecular weight is 490 g/mol. The molecule has 6 rings (SSSR count). The van der Waals surface area contributed by atoms with E-state index >= 15 is 0 Å². The predicted molar refractivity (Wildman–Crippen MR) is 143 cm³/mol. The highest BCUT2D eigenvalue weighted by molar-refractivity contribution is 5.95. The molecule has 0 unspecified atom stereocenters. The fourth-order valence-corrected chi connectivity index (χ4v) is 5.73. The molecule has 9 heteroatoms. The number of piperazine rings is 2. The standard InChI is InChI=1S/C27H35N7O2/c35-16-15-31-11-13-33(14-12-31)27-29-24-19-34(25-18-21(36)17-20-3-1-2-4-22(20)25)8-5-23(24)26(30-27)32-9-6-28-7-10-32/h1-4,17-18,28,35-36H,5-16,19H2. The molecule has 9 nitrogen and oxygen atoms in total. The number of anilines is 3. The number of phenolic OH excluding ortho intramolecular Hbond substituents is 1. The Hall–Kier alpha value is -3.14. The molecule has 0 saturated carbocycles. The van der Waals surface area contributed by atoms with Crippen LogP contribution < -0.4 is 20.0 Å². The molecule has 190 valence electrons. The zero-order valence-electron chi connectivity index (χ0n) is 20.7. The van der Waals surface area contributed by atoms with Crippen LogP contribution in [0.2, 0.25) is 0 Å². The summed E-state index contributed by atoms with van der Waals surface area (Å²) in [6, 6.07) is 12.0. The van der Waals surface area contributed by atoms with Crippen LogP contribution in [0.25, 0.3) is 10.8 Å². The van der Waals surface area contributed by atoms with E-state index in [1.165, 1.54) is 5.56 Å². The van der Waals surface area contributed by atoms with E-state index in [-0.39, 0.29) is 6.61 Å². The number of nitrogens with one attached hydrogen (secondary N) is 1. The number of rotatable bonds is 5. The monoisotopic (exact) mass is 489 g/mol. The van der Waals surface area contributed by atoms with E-state index in [0.29, 0.717) is 12.3 Å². The van der Waals surface area contributed by atoms with Gasteiger partial charge in [-0.3, -0.25) is 4.90 Å². The molecule has 0 amide bonds. The molecule has 3 aliphatic heterocycles. The van der Waals surface area contributed by atoms with Gasteiger partial charge in [-0.25, -0.2) is 4.98 Å². The number of aliphatic hydroxyl groups is 1. The summed E-state index contributed by atoms with van der Waals surface area (Å²) in [6.45, 7) is 9.86. The third-order valence-corrected chi connectivity index (χ3v) is 7.68. The first-order valence-electron chi connectivity index (χ1n) is 13.1. The number of aliphatic hydroxyl groups excluding tert-OH is 1. The van der Waals surface area contributed by atoms with Gasteiger partial charge in [-0.05, 0) is 17.9 Å². The summed E-state index contributed by atoms with van der Waals surface area (Å²) < 4.78 is 0. The van der Waals surface area contributed by atoms with Crippen LogP contribution in [-0.2, 0) is 13.0 Å². The highest BCUT2D eigenvalue weighted by atomic mass is 16.3. The fraction of sp³-hybridized carbons (Fsp3) is 0.481. The van der Waals surface area contributed by atoms with E-state index in [4.69, 9.17) is 9.97 Å². The Kier molecular flexibility index (Phi) is 6.52. The first kappa shape index (κ1) is 23.3. The molecule has 2 fully saturated rings. The number of fused-ring (bicyclic) bond motifs is 2. The lowest BCUT2D eigenvalue weighted by Gasteiger charge is -2.38. The quantitative estimate of drug-likeness (QED) is 0.492. The van der Waals surface area contributed by atoms with E-state index in [1.54, 1.807) is 0 Å². The fourth-order valence-electron chi connectivity index (χ4n) is 5.73. The van der Waals surface area contributed by atoms with Gasteiger partial charge in [0.2, 0.25) is 5.95 Å². The van der Waals surface area contributed by atoms with Crippen LogP contribution >= 0.6 is 0 Å². The first-order chi connectivity index (χ1) is 17.7. The van der Waals surface area contributed by atoms with Crippen molar-refractivity contribution >= 4 is 28.2 Å². The summed E-state index contributed by atoms with van der Waals surface area (Å²) in [5.41, 5.74) is 3.41. The van der Waals surface area contributed by atoms with Crippen molar-refractivity contribution in [1.82, 2.24) is 20.2 Å². The van der Waals surface area contributed by atoms with Crippen LogP contribution in [0.4, 0.5) is 17.5 Å². The van der Waals surface area contributed by atoms with Crippen molar-refractivity contribution < 1.29 is 10.2 Å². The van der Waals surface area contributed by atoms with Crippen LogP contribution in [0.3, 0.4) is 0 Å². The number of benzene rings is 2. The molecule has 36 heavy (non-hydrogen) atoms. The van der Waals surface area contributed by atoms with Crippen molar-refractivity contribution in [1.29, 1.82) is 0 Å². The average Bonchev–Trinajstić information content (AvgIpc) is 2.92. The summed E-state index contributed by atoms with van der Waals surface area (Å²) >= 11 is 0. The van der Waals surface area contributed by atoms with Crippen LogP contribution in [0.1, 0.15) is 11.3 Å². The lowest BCUT2D eigenvalue weighted by molar-refractivity contribution is 0.188. The third-order valence-electron chi connectivity index (χ3n) is 7.68. The van der Waals surface area contributed by atoms with Gasteiger partial charge in [0.15, 0.2) is 0 Å². The Labute approximate surface area is 212 Å². The minimum Gasteiger partial charge on any atom is -0.508 e. The normalized spacial score (nSPS) is 19.1. The Bertz CT molecular complexity index is 1220. The first-order valence-corrected chi connectivity index (χ1v) is 13.1. The van der Waals surface area contributed by atoms with Crippen molar-refractivity contribution in [2.75, 3.05) is 86.8 Å². The predicted octanol–water partition coefficient (Wildman–Crippen LogP) is 1.42. The van der Waals surface area contributed by atoms with Gasteiger partial charge >= 0.3 is 0 Å². The molecule has 0 bridgehead atoms. The number of nitrogens with zero attached hydrogens (tertiary/aromatic N) is 6. The highest BCUT2D eigenvalue weighted by Crippen LogP contribution is 2.36. The molecule has 3 aromatic rings. The van der Waals surface area contributed by atoms with Crippen LogP contribution in [-0.4, -0.2) is 97.1 Å². The molecular formula is C27H35N7O2. The van der Waals surface area contributed by atoms with Crippen molar-refractivity contribution in [2.45, 2.75) is 13.0 Å². The molecule has 0 aliphatic carbocycles. The summed E-state index contributed by atoms with van der Waals surface area (Å²) in [5.74, 6) is 2.20. The van der Waals surface area contributed by atoms with E-state index in [2.05, 4.69) is 43.1 Å². The molecule has 0 atom stereocenters. The van der Waals surface area contributed by atoms with Gasteiger partial charge in [0.25, 0.3) is 0 Å². The van der Waals surface area contributed by atoms with E-state index in [0.717, 1.165) is 106 Å². The van der Waals surface area contributed by atoms with Gasteiger partial charge in [-0.2, -0.15) is 4.98 Å². The Morgan fingerprint density at radius 1 is 0.861 bits per heavy atom. The minimum atomic E-state index is 0.196. The Balaban J connectivity index is 1.35. The molecule has 4 heterocycles. The smallest absolute Gasteiger partial charge is 0.227 e. The van der Waals surface area contributed by atoms with Crippen molar-refractivity contribution in [3.05, 3.63) is 47.7 Å².